The molecule has 0 aliphatic carbocycles. The molecule has 2 aromatic heterocycles. The second-order valence-electron chi connectivity index (χ2n) is 15.3. The van der Waals surface area contributed by atoms with Gasteiger partial charge in [-0.3, -0.25) is 43.9 Å². The number of likely N-dealkylation sites (tertiary alicyclic amines) is 2. The number of aromatic nitrogens is 4. The van der Waals surface area contributed by atoms with Crippen LogP contribution in [0.2, 0.25) is 0 Å². The molecule has 2 N–H and O–H groups in total. The molecule has 1 unspecified atom stereocenters. The summed E-state index contributed by atoms with van der Waals surface area (Å²) in [7, 11) is 2.18. The molecule has 0 radical (unpaired) electrons. The fraction of sp³-hybridized carbons (Fsp3) is 0.463. The number of amides is 5. The fourth-order valence-corrected chi connectivity index (χ4v) is 8.44. The van der Waals surface area contributed by atoms with Crippen molar-refractivity contribution in [1.29, 1.82) is 0 Å². The van der Waals surface area contributed by atoms with E-state index in [0.717, 1.165) is 85.2 Å². The molecule has 0 bridgehead atoms. The molecular weight excluding hydrogens is 699 g/mol. The van der Waals surface area contributed by atoms with Crippen LogP contribution >= 0.6 is 0 Å². The first-order chi connectivity index (χ1) is 26.7. The Bertz CT molecular complexity index is 2130. The fourth-order valence-electron chi connectivity index (χ4n) is 8.44. The number of hydrogen-bond acceptors (Lipinski definition) is 10. The van der Waals surface area contributed by atoms with Gasteiger partial charge in [0, 0.05) is 49.9 Å². The Morgan fingerprint density at radius 3 is 2.49 bits per heavy atom. The Kier molecular flexibility index (Phi) is 10.4. The van der Waals surface area contributed by atoms with Crippen molar-refractivity contribution >= 4 is 46.3 Å². The van der Waals surface area contributed by atoms with Gasteiger partial charge < -0.3 is 15.1 Å². The van der Waals surface area contributed by atoms with E-state index in [0.29, 0.717) is 37.7 Å². The third-order valence-corrected chi connectivity index (χ3v) is 11.7. The van der Waals surface area contributed by atoms with Gasteiger partial charge in [-0.05, 0) is 101 Å². The highest BCUT2D eigenvalue weighted by Crippen LogP contribution is 2.33. The molecular formula is C41H47N9O5. The van der Waals surface area contributed by atoms with E-state index in [1.165, 1.54) is 5.56 Å². The van der Waals surface area contributed by atoms with Crippen molar-refractivity contribution in [2.75, 3.05) is 45.1 Å². The van der Waals surface area contributed by atoms with Crippen LogP contribution in [0.3, 0.4) is 0 Å². The van der Waals surface area contributed by atoms with E-state index in [1.54, 1.807) is 18.2 Å². The van der Waals surface area contributed by atoms with Crippen LogP contribution in [0.4, 0.5) is 5.69 Å². The minimum atomic E-state index is -0.986. The highest BCUT2D eigenvalue weighted by molar-refractivity contribution is 6.23. The van der Waals surface area contributed by atoms with Gasteiger partial charge in [-0.1, -0.05) is 18.6 Å². The normalized spacial score (nSPS) is 20.0. The Morgan fingerprint density at radius 2 is 1.69 bits per heavy atom. The number of nitrogens with zero attached hydrogens (tertiary/aromatic N) is 7. The zero-order valence-electron chi connectivity index (χ0n) is 31.2. The summed E-state index contributed by atoms with van der Waals surface area (Å²) in [5, 5.41) is 10.2. The molecule has 286 valence electrons. The minimum absolute atomic E-state index is 0.0810. The largest absolute Gasteiger partial charge is 0.385 e. The van der Waals surface area contributed by atoms with Crippen molar-refractivity contribution in [3.8, 4) is 11.3 Å². The molecule has 3 fully saturated rings. The molecule has 0 saturated carbocycles. The third-order valence-electron chi connectivity index (χ3n) is 11.7. The number of benzene rings is 2. The highest BCUT2D eigenvalue weighted by atomic mass is 16.2. The molecule has 55 heavy (non-hydrogen) atoms. The molecule has 4 aliphatic heterocycles. The number of hydrogen-bond donors (Lipinski definition) is 2. The lowest BCUT2D eigenvalue weighted by atomic mass is 9.88. The number of piperidine rings is 3. The first-order valence-electron chi connectivity index (χ1n) is 19.6. The Balaban J connectivity index is 0.771. The van der Waals surface area contributed by atoms with Gasteiger partial charge in [0.05, 0.1) is 46.3 Å². The number of carbonyl (C=O) groups excluding carboxylic acids is 5. The molecule has 0 spiro atoms. The predicted octanol–water partition coefficient (Wildman–Crippen LogP) is 4.54. The lowest BCUT2D eigenvalue weighted by Gasteiger charge is -2.32. The Hall–Kier alpha value is -5.50. The standard InChI is InChI=1S/C41H47N9O5/c1-47-18-13-26(14-19-47)30-6-5-7-33-38(30)45-34(24-43-33)27-23-44-49(25-27)29-15-20-48(21-16-29)37(52)8-3-2-4-17-42-28-9-10-31-32(22-28)41(55)50(40(31)54)35-11-12-36(51)46-39(35)53/h5-7,9-10,22-26,29,35,42H,2-4,8,11-21H2,1H3,(H,46,51,53). The van der Waals surface area contributed by atoms with Crippen molar-refractivity contribution in [2.24, 2.45) is 0 Å². The van der Waals surface area contributed by atoms with Crippen molar-refractivity contribution in [1.82, 2.24) is 39.8 Å². The summed E-state index contributed by atoms with van der Waals surface area (Å²) in [4.78, 5) is 78.2. The zero-order chi connectivity index (χ0) is 38.1. The van der Waals surface area contributed by atoms with Crippen molar-refractivity contribution < 1.29 is 24.0 Å². The van der Waals surface area contributed by atoms with E-state index in [-0.39, 0.29) is 35.9 Å². The lowest BCUT2D eigenvalue weighted by Crippen LogP contribution is -2.54. The van der Waals surface area contributed by atoms with Gasteiger partial charge in [-0.25, -0.2) is 4.98 Å². The number of imide groups is 2. The molecule has 14 heteroatoms. The topological polar surface area (TPSA) is 163 Å². The maximum absolute atomic E-state index is 13.1. The second-order valence-corrected chi connectivity index (χ2v) is 15.3. The molecule has 1 atom stereocenters. The molecule has 4 aliphatic rings. The number of fused-ring (bicyclic) bond motifs is 2. The van der Waals surface area contributed by atoms with E-state index in [2.05, 4.69) is 40.9 Å². The summed E-state index contributed by atoms with van der Waals surface area (Å²) >= 11 is 0. The van der Waals surface area contributed by atoms with Crippen LogP contribution in [0.15, 0.2) is 55.0 Å². The van der Waals surface area contributed by atoms with Gasteiger partial charge in [-0.2, -0.15) is 5.10 Å². The lowest BCUT2D eigenvalue weighted by molar-refractivity contribution is -0.136. The molecule has 5 amide bonds. The van der Waals surface area contributed by atoms with Gasteiger partial charge in [-0.15, -0.1) is 0 Å². The number of rotatable bonds is 11. The molecule has 4 aromatic rings. The van der Waals surface area contributed by atoms with Crippen LogP contribution in [0, 0.1) is 0 Å². The molecule has 8 rings (SSSR count). The van der Waals surface area contributed by atoms with Crippen LogP contribution < -0.4 is 10.6 Å². The van der Waals surface area contributed by atoms with Crippen LogP contribution in [0.1, 0.15) is 102 Å². The third kappa shape index (κ3) is 7.60. The average Bonchev–Trinajstić information content (AvgIpc) is 3.79. The van der Waals surface area contributed by atoms with Crippen LogP contribution in [0.5, 0.6) is 0 Å². The van der Waals surface area contributed by atoms with Crippen molar-refractivity contribution in [2.45, 2.75) is 82.2 Å². The smallest absolute Gasteiger partial charge is 0.262 e. The number of carbonyl (C=O) groups is 5. The van der Waals surface area contributed by atoms with E-state index < -0.39 is 29.7 Å². The van der Waals surface area contributed by atoms with E-state index in [1.807, 2.05) is 28.0 Å². The number of para-hydroxylation sites is 1. The zero-order valence-corrected chi connectivity index (χ0v) is 31.2. The van der Waals surface area contributed by atoms with Crippen molar-refractivity contribution in [3.05, 3.63) is 71.7 Å². The van der Waals surface area contributed by atoms with Gasteiger partial charge in [0.15, 0.2) is 0 Å². The van der Waals surface area contributed by atoms with Gasteiger partial charge >= 0.3 is 0 Å². The number of unbranched alkanes of at least 4 members (excludes halogenated alkanes) is 2. The number of nitrogens with one attached hydrogen (secondary N) is 2. The molecule has 3 saturated heterocycles. The van der Waals surface area contributed by atoms with Crippen LogP contribution in [-0.2, 0) is 14.4 Å². The summed E-state index contributed by atoms with van der Waals surface area (Å²) < 4.78 is 2.03. The van der Waals surface area contributed by atoms with Gasteiger partial charge in [0.1, 0.15) is 6.04 Å². The molecule has 2 aromatic carbocycles. The second kappa shape index (κ2) is 15.7. The Labute approximate surface area is 319 Å². The predicted molar refractivity (Wildman–Crippen MR) is 205 cm³/mol. The Morgan fingerprint density at radius 1 is 0.891 bits per heavy atom. The summed E-state index contributed by atoms with van der Waals surface area (Å²) in [6.07, 6.45) is 12.9. The maximum Gasteiger partial charge on any atom is 0.262 e. The summed E-state index contributed by atoms with van der Waals surface area (Å²) in [6.45, 7) is 4.24. The first kappa shape index (κ1) is 36.5. The van der Waals surface area contributed by atoms with E-state index >= 15 is 0 Å². The first-order valence-corrected chi connectivity index (χ1v) is 19.6. The van der Waals surface area contributed by atoms with E-state index in [4.69, 9.17) is 15.1 Å². The quantitative estimate of drug-likeness (QED) is 0.165. The summed E-state index contributed by atoms with van der Waals surface area (Å²) in [6, 6.07) is 10.6. The molecule has 14 nitrogen and oxygen atoms in total. The highest BCUT2D eigenvalue weighted by Gasteiger charge is 2.44. The maximum atomic E-state index is 13.1. The van der Waals surface area contributed by atoms with E-state index in [9.17, 15) is 24.0 Å². The monoisotopic (exact) mass is 745 g/mol. The summed E-state index contributed by atoms with van der Waals surface area (Å²) in [5.74, 6) is -1.40. The van der Waals surface area contributed by atoms with Crippen LogP contribution in [0.25, 0.3) is 22.3 Å². The minimum Gasteiger partial charge on any atom is -0.385 e. The average molecular weight is 746 g/mol. The summed E-state index contributed by atoms with van der Waals surface area (Å²) in [5.41, 5.74) is 6.20. The number of anilines is 1. The molecule has 6 heterocycles. The van der Waals surface area contributed by atoms with Crippen LogP contribution in [-0.4, -0.2) is 110 Å². The SMILES string of the molecule is CN1CCC(c2cccc3ncc(-c4cnn(C5CCN(C(=O)CCCCCNc6ccc7c(c6)C(=O)N(C6CCC(=O)NC6=O)C7=O)CC5)c4)nc23)CC1. The van der Waals surface area contributed by atoms with Crippen molar-refractivity contribution in [3.63, 3.8) is 0 Å². The van der Waals surface area contributed by atoms with Gasteiger partial charge in [0.2, 0.25) is 17.7 Å². The van der Waals surface area contributed by atoms with Gasteiger partial charge in [0.25, 0.3) is 11.8 Å².